The largest absolute Gasteiger partial charge is 0.394 e. The minimum Gasteiger partial charge on any atom is -0.394 e. The second-order valence-electron chi connectivity index (χ2n) is 3.25. The number of benzene rings is 1. The van der Waals surface area contributed by atoms with Crippen molar-refractivity contribution in [3.63, 3.8) is 0 Å². The van der Waals surface area contributed by atoms with Gasteiger partial charge in [-0.1, -0.05) is 17.7 Å². The Labute approximate surface area is 95.0 Å². The van der Waals surface area contributed by atoms with Gasteiger partial charge in [0.25, 0.3) is 0 Å². The molecule has 4 heteroatoms. The highest BCUT2D eigenvalue weighted by Gasteiger charge is 1.98. The molecule has 0 radical (unpaired) electrons. The maximum atomic E-state index is 8.50. The molecule has 0 aromatic heterocycles. The van der Waals surface area contributed by atoms with Crippen LogP contribution in [0.25, 0.3) is 0 Å². The van der Waals surface area contributed by atoms with E-state index in [1.165, 1.54) is 0 Å². The smallest absolute Gasteiger partial charge is 0.0698 e. The van der Waals surface area contributed by atoms with Gasteiger partial charge in [0.1, 0.15) is 0 Å². The molecule has 0 amide bonds. The lowest BCUT2D eigenvalue weighted by Gasteiger charge is -2.09. The molecular formula is C11H16ClNO2. The number of halogens is 1. The predicted molar refractivity (Wildman–Crippen MR) is 62.6 cm³/mol. The van der Waals surface area contributed by atoms with E-state index < -0.39 is 0 Å². The van der Waals surface area contributed by atoms with Crippen molar-refractivity contribution in [1.82, 2.24) is 0 Å². The SMILES string of the molecule is Cc1ccc(Cl)c(NCCOCCO)c1. The third kappa shape index (κ3) is 4.51. The van der Waals surface area contributed by atoms with Gasteiger partial charge in [-0.2, -0.15) is 0 Å². The lowest BCUT2D eigenvalue weighted by molar-refractivity contribution is 0.0992. The molecule has 1 aromatic carbocycles. The number of ether oxygens (including phenoxy) is 1. The average Bonchev–Trinajstić information content (AvgIpc) is 2.23. The maximum absolute atomic E-state index is 8.50. The standard InChI is InChI=1S/C11H16ClNO2/c1-9-2-3-10(12)11(8-9)13-4-6-15-7-5-14/h2-3,8,13-14H,4-7H2,1H3. The molecule has 0 heterocycles. The Hall–Kier alpha value is -0.770. The maximum Gasteiger partial charge on any atom is 0.0698 e. The Morgan fingerprint density at radius 2 is 2.20 bits per heavy atom. The van der Waals surface area contributed by atoms with E-state index in [4.69, 9.17) is 21.4 Å². The minimum atomic E-state index is 0.0607. The van der Waals surface area contributed by atoms with Crippen LogP contribution in [-0.2, 0) is 4.74 Å². The minimum absolute atomic E-state index is 0.0607. The molecular weight excluding hydrogens is 214 g/mol. The fourth-order valence-electron chi connectivity index (χ4n) is 1.20. The third-order valence-electron chi connectivity index (χ3n) is 1.92. The summed E-state index contributed by atoms with van der Waals surface area (Å²) in [5, 5.41) is 12.4. The quantitative estimate of drug-likeness (QED) is 0.734. The van der Waals surface area contributed by atoms with Crippen molar-refractivity contribution >= 4 is 17.3 Å². The summed E-state index contributed by atoms with van der Waals surface area (Å²) in [6, 6.07) is 5.83. The van der Waals surface area contributed by atoms with Crippen LogP contribution in [0.4, 0.5) is 5.69 Å². The molecule has 84 valence electrons. The van der Waals surface area contributed by atoms with E-state index in [2.05, 4.69) is 5.32 Å². The summed E-state index contributed by atoms with van der Waals surface area (Å²) >= 11 is 5.99. The topological polar surface area (TPSA) is 41.5 Å². The Kier molecular flexibility index (Phi) is 5.47. The van der Waals surface area contributed by atoms with Crippen LogP contribution in [0.3, 0.4) is 0 Å². The first-order valence-corrected chi connectivity index (χ1v) is 5.30. The van der Waals surface area contributed by atoms with Crippen LogP contribution < -0.4 is 5.32 Å². The fourth-order valence-corrected chi connectivity index (χ4v) is 1.38. The second kappa shape index (κ2) is 6.67. The van der Waals surface area contributed by atoms with Crippen molar-refractivity contribution in [2.24, 2.45) is 0 Å². The van der Waals surface area contributed by atoms with Crippen LogP contribution in [0, 0.1) is 6.92 Å². The van der Waals surface area contributed by atoms with Crippen molar-refractivity contribution in [3.05, 3.63) is 28.8 Å². The zero-order chi connectivity index (χ0) is 11.1. The molecule has 1 rings (SSSR count). The van der Waals surface area contributed by atoms with Gasteiger partial charge < -0.3 is 15.2 Å². The van der Waals surface area contributed by atoms with Gasteiger partial charge in [-0.3, -0.25) is 0 Å². The first-order chi connectivity index (χ1) is 7.24. The zero-order valence-electron chi connectivity index (χ0n) is 8.79. The Morgan fingerprint density at radius 1 is 1.40 bits per heavy atom. The number of nitrogens with one attached hydrogen (secondary N) is 1. The average molecular weight is 230 g/mol. The number of anilines is 1. The van der Waals surface area contributed by atoms with Crippen molar-refractivity contribution in [1.29, 1.82) is 0 Å². The molecule has 0 spiro atoms. The summed E-state index contributed by atoms with van der Waals surface area (Å²) in [5.41, 5.74) is 2.09. The molecule has 0 fully saturated rings. The van der Waals surface area contributed by atoms with Gasteiger partial charge in [-0.25, -0.2) is 0 Å². The summed E-state index contributed by atoms with van der Waals surface area (Å²) in [6.45, 7) is 3.70. The molecule has 0 aliphatic rings. The van der Waals surface area contributed by atoms with Crippen LogP contribution in [0.1, 0.15) is 5.56 Å². The van der Waals surface area contributed by atoms with Crippen LogP contribution in [0.15, 0.2) is 18.2 Å². The Bertz CT molecular complexity index is 305. The van der Waals surface area contributed by atoms with E-state index in [0.717, 1.165) is 11.3 Å². The van der Waals surface area contributed by atoms with Crippen molar-refractivity contribution in [3.8, 4) is 0 Å². The Morgan fingerprint density at radius 3 is 2.93 bits per heavy atom. The van der Waals surface area contributed by atoms with Crippen molar-refractivity contribution in [2.45, 2.75) is 6.92 Å². The number of aryl methyl sites for hydroxylation is 1. The van der Waals surface area contributed by atoms with E-state index in [9.17, 15) is 0 Å². The summed E-state index contributed by atoms with van der Waals surface area (Å²) in [5.74, 6) is 0. The lowest BCUT2D eigenvalue weighted by Crippen LogP contribution is -2.11. The highest BCUT2D eigenvalue weighted by Crippen LogP contribution is 2.22. The number of hydrogen-bond donors (Lipinski definition) is 2. The van der Waals surface area contributed by atoms with E-state index in [-0.39, 0.29) is 6.61 Å². The highest BCUT2D eigenvalue weighted by molar-refractivity contribution is 6.33. The van der Waals surface area contributed by atoms with Crippen LogP contribution in [-0.4, -0.2) is 31.5 Å². The second-order valence-corrected chi connectivity index (χ2v) is 3.65. The van der Waals surface area contributed by atoms with Crippen LogP contribution >= 0.6 is 11.6 Å². The molecule has 2 N–H and O–H groups in total. The number of aliphatic hydroxyl groups excluding tert-OH is 1. The van der Waals surface area contributed by atoms with Crippen molar-refractivity contribution in [2.75, 3.05) is 31.7 Å². The van der Waals surface area contributed by atoms with E-state index in [1.54, 1.807) is 0 Å². The summed E-state index contributed by atoms with van der Waals surface area (Å²) in [6.07, 6.45) is 0. The van der Waals surface area contributed by atoms with Crippen LogP contribution in [0.2, 0.25) is 5.02 Å². The molecule has 0 atom stereocenters. The number of hydrogen-bond acceptors (Lipinski definition) is 3. The summed E-state index contributed by atoms with van der Waals surface area (Å²) < 4.78 is 5.12. The molecule has 1 aromatic rings. The zero-order valence-corrected chi connectivity index (χ0v) is 9.55. The normalized spacial score (nSPS) is 10.3. The van der Waals surface area contributed by atoms with Gasteiger partial charge >= 0.3 is 0 Å². The van der Waals surface area contributed by atoms with Gasteiger partial charge in [0, 0.05) is 6.54 Å². The van der Waals surface area contributed by atoms with Gasteiger partial charge in [0.2, 0.25) is 0 Å². The van der Waals surface area contributed by atoms with Gasteiger partial charge in [0.15, 0.2) is 0 Å². The number of aliphatic hydroxyl groups is 1. The van der Waals surface area contributed by atoms with Gasteiger partial charge in [-0.15, -0.1) is 0 Å². The molecule has 0 unspecified atom stereocenters. The molecule has 15 heavy (non-hydrogen) atoms. The third-order valence-corrected chi connectivity index (χ3v) is 2.25. The molecule has 0 saturated carbocycles. The molecule has 0 aliphatic carbocycles. The Balaban J connectivity index is 2.33. The van der Waals surface area contributed by atoms with E-state index >= 15 is 0 Å². The number of rotatable bonds is 6. The fraction of sp³-hybridized carbons (Fsp3) is 0.455. The van der Waals surface area contributed by atoms with Gasteiger partial charge in [0.05, 0.1) is 30.5 Å². The first kappa shape index (κ1) is 12.3. The molecule has 0 bridgehead atoms. The molecule has 0 saturated heterocycles. The highest BCUT2D eigenvalue weighted by atomic mass is 35.5. The summed E-state index contributed by atoms with van der Waals surface area (Å²) in [7, 11) is 0. The first-order valence-electron chi connectivity index (χ1n) is 4.92. The lowest BCUT2D eigenvalue weighted by atomic mass is 10.2. The molecule has 3 nitrogen and oxygen atoms in total. The predicted octanol–water partition coefficient (Wildman–Crippen LogP) is 2.07. The molecule has 0 aliphatic heterocycles. The monoisotopic (exact) mass is 229 g/mol. The van der Waals surface area contributed by atoms with Gasteiger partial charge in [-0.05, 0) is 24.6 Å². The summed E-state index contributed by atoms with van der Waals surface area (Å²) in [4.78, 5) is 0. The van der Waals surface area contributed by atoms with Crippen LogP contribution in [0.5, 0.6) is 0 Å². The van der Waals surface area contributed by atoms with E-state index in [0.29, 0.717) is 24.8 Å². The van der Waals surface area contributed by atoms with Crippen molar-refractivity contribution < 1.29 is 9.84 Å². The van der Waals surface area contributed by atoms with E-state index in [1.807, 2.05) is 25.1 Å².